The summed E-state index contributed by atoms with van der Waals surface area (Å²) in [6.45, 7) is 3.00. The quantitative estimate of drug-likeness (QED) is 0.385. The molecule has 0 saturated heterocycles. The van der Waals surface area contributed by atoms with E-state index in [1.807, 2.05) is 6.92 Å². The SMILES string of the molecule is CCc1cc2c(C(N)=O)c(-c3ccc(F)cc3)oc2nc1CN(CCOCCOC)S(C)(=O)=O. The maximum Gasteiger partial charge on any atom is 0.253 e. The number of carbonyl (C=O) groups is 1. The Labute approximate surface area is 197 Å². The molecule has 0 unspecified atom stereocenters. The van der Waals surface area contributed by atoms with E-state index in [0.29, 0.717) is 36.3 Å². The summed E-state index contributed by atoms with van der Waals surface area (Å²) >= 11 is 0. The van der Waals surface area contributed by atoms with Crippen LogP contribution in [0.2, 0.25) is 0 Å². The maximum atomic E-state index is 13.4. The van der Waals surface area contributed by atoms with Crippen LogP contribution in [0.1, 0.15) is 28.5 Å². The Kier molecular flexibility index (Phi) is 8.37. The molecular weight excluding hydrogens is 465 g/mol. The number of fused-ring (bicyclic) bond motifs is 1. The summed E-state index contributed by atoms with van der Waals surface area (Å²) in [6, 6.07) is 7.21. The van der Waals surface area contributed by atoms with Crippen LogP contribution in [0.5, 0.6) is 0 Å². The van der Waals surface area contributed by atoms with Crippen molar-refractivity contribution in [3.8, 4) is 11.3 Å². The van der Waals surface area contributed by atoms with Crippen LogP contribution in [0.4, 0.5) is 4.39 Å². The van der Waals surface area contributed by atoms with Crippen LogP contribution in [0.15, 0.2) is 34.7 Å². The number of pyridine rings is 1. The Hall–Kier alpha value is -2.86. The molecule has 0 aliphatic heterocycles. The molecule has 0 aliphatic carbocycles. The molecule has 0 bridgehead atoms. The average molecular weight is 494 g/mol. The molecule has 3 rings (SSSR count). The van der Waals surface area contributed by atoms with Gasteiger partial charge in [-0.15, -0.1) is 0 Å². The number of hydrogen-bond donors (Lipinski definition) is 1. The standard InChI is InChI=1S/C23H28FN3O6S/c1-4-15-13-18-20(22(25)28)21(16-5-7-17(24)8-6-16)33-23(18)26-19(15)14-27(34(3,29)30)9-10-32-12-11-31-2/h5-8,13H,4,9-12,14H2,1-3H3,(H2,25,28). The van der Waals surface area contributed by atoms with Crippen molar-refractivity contribution in [3.05, 3.63) is 53.0 Å². The number of aromatic nitrogens is 1. The van der Waals surface area contributed by atoms with Crippen LogP contribution in [-0.2, 0) is 32.5 Å². The maximum absolute atomic E-state index is 13.4. The summed E-state index contributed by atoms with van der Waals surface area (Å²) in [5.74, 6) is -0.956. The Morgan fingerprint density at radius 2 is 1.91 bits per heavy atom. The number of rotatable bonds is 12. The first-order valence-electron chi connectivity index (χ1n) is 10.7. The van der Waals surface area contributed by atoms with Crippen molar-refractivity contribution in [2.45, 2.75) is 19.9 Å². The highest BCUT2D eigenvalue weighted by Crippen LogP contribution is 2.34. The van der Waals surface area contributed by atoms with Gasteiger partial charge in [-0.05, 0) is 42.3 Å². The molecule has 11 heteroatoms. The van der Waals surface area contributed by atoms with Crippen molar-refractivity contribution >= 4 is 27.0 Å². The van der Waals surface area contributed by atoms with Crippen molar-refractivity contribution in [3.63, 3.8) is 0 Å². The number of ether oxygens (including phenoxy) is 2. The summed E-state index contributed by atoms with van der Waals surface area (Å²) in [5, 5.41) is 0.418. The number of primary amides is 1. The number of nitrogens with zero attached hydrogens (tertiary/aromatic N) is 2. The number of benzene rings is 1. The minimum absolute atomic E-state index is 0.00404. The second-order valence-corrected chi connectivity index (χ2v) is 9.66. The fourth-order valence-electron chi connectivity index (χ4n) is 3.53. The Balaban J connectivity index is 2.00. The predicted molar refractivity (Wildman–Crippen MR) is 125 cm³/mol. The summed E-state index contributed by atoms with van der Waals surface area (Å²) in [7, 11) is -2.00. The first-order chi connectivity index (χ1) is 16.2. The van der Waals surface area contributed by atoms with Gasteiger partial charge in [-0.3, -0.25) is 4.79 Å². The highest BCUT2D eigenvalue weighted by molar-refractivity contribution is 7.88. The molecule has 0 atom stereocenters. The fraction of sp³-hybridized carbons (Fsp3) is 0.391. The molecule has 0 saturated carbocycles. The second kappa shape index (κ2) is 11.0. The minimum Gasteiger partial charge on any atom is -0.437 e. The van der Waals surface area contributed by atoms with Crippen molar-refractivity contribution in [1.29, 1.82) is 0 Å². The monoisotopic (exact) mass is 493 g/mol. The van der Waals surface area contributed by atoms with Crippen molar-refractivity contribution in [2.75, 3.05) is 39.7 Å². The first-order valence-corrected chi connectivity index (χ1v) is 12.5. The smallest absolute Gasteiger partial charge is 0.253 e. The minimum atomic E-state index is -3.56. The summed E-state index contributed by atoms with van der Waals surface area (Å²) in [4.78, 5) is 16.8. The van der Waals surface area contributed by atoms with Gasteiger partial charge in [0.05, 0.1) is 49.3 Å². The normalized spacial score (nSPS) is 12.0. The highest BCUT2D eigenvalue weighted by Gasteiger charge is 2.25. The third kappa shape index (κ3) is 5.98. The van der Waals surface area contributed by atoms with Crippen molar-refractivity contribution < 1.29 is 31.5 Å². The molecular formula is C23H28FN3O6S. The topological polar surface area (TPSA) is 125 Å². The van der Waals surface area contributed by atoms with Gasteiger partial charge in [0.2, 0.25) is 15.7 Å². The first kappa shape index (κ1) is 25.8. The Morgan fingerprint density at radius 1 is 1.21 bits per heavy atom. The number of sulfonamides is 1. The molecule has 0 radical (unpaired) electrons. The number of carbonyl (C=O) groups excluding carboxylic acids is 1. The van der Waals surface area contributed by atoms with Gasteiger partial charge >= 0.3 is 0 Å². The average Bonchev–Trinajstić information content (AvgIpc) is 3.15. The predicted octanol–water partition coefficient (Wildman–Crippen LogP) is 2.72. The number of methoxy groups -OCH3 is 1. The van der Waals surface area contributed by atoms with E-state index in [1.165, 1.54) is 28.6 Å². The van der Waals surface area contributed by atoms with Gasteiger partial charge in [-0.25, -0.2) is 17.8 Å². The van der Waals surface area contributed by atoms with Crippen LogP contribution in [-0.4, -0.2) is 63.3 Å². The molecule has 0 spiro atoms. The highest BCUT2D eigenvalue weighted by atomic mass is 32.2. The lowest BCUT2D eigenvalue weighted by atomic mass is 10.0. The van der Waals surface area contributed by atoms with E-state index in [0.717, 1.165) is 11.8 Å². The fourth-order valence-corrected chi connectivity index (χ4v) is 4.30. The zero-order valence-electron chi connectivity index (χ0n) is 19.3. The van der Waals surface area contributed by atoms with Gasteiger partial charge in [0.1, 0.15) is 11.6 Å². The second-order valence-electron chi connectivity index (χ2n) is 7.68. The summed E-state index contributed by atoms with van der Waals surface area (Å²) in [5.41, 5.74) is 7.63. The lowest BCUT2D eigenvalue weighted by Crippen LogP contribution is -2.33. The Bertz CT molecular complexity index is 1260. The molecule has 1 amide bonds. The van der Waals surface area contributed by atoms with Gasteiger partial charge < -0.3 is 19.6 Å². The third-order valence-corrected chi connectivity index (χ3v) is 6.55. The molecule has 0 fully saturated rings. The van der Waals surface area contributed by atoms with Crippen molar-refractivity contribution in [2.24, 2.45) is 5.73 Å². The molecule has 1 aromatic carbocycles. The van der Waals surface area contributed by atoms with Crippen LogP contribution in [0.3, 0.4) is 0 Å². The molecule has 2 heterocycles. The molecule has 34 heavy (non-hydrogen) atoms. The van der Waals surface area contributed by atoms with Gasteiger partial charge in [-0.2, -0.15) is 4.31 Å². The lowest BCUT2D eigenvalue weighted by Gasteiger charge is -2.20. The van der Waals surface area contributed by atoms with E-state index in [9.17, 15) is 17.6 Å². The van der Waals surface area contributed by atoms with Crippen LogP contribution < -0.4 is 5.73 Å². The number of aryl methyl sites for hydroxylation is 1. The largest absolute Gasteiger partial charge is 0.437 e. The van der Waals surface area contributed by atoms with E-state index in [2.05, 4.69) is 4.98 Å². The molecule has 2 N–H and O–H groups in total. The van der Waals surface area contributed by atoms with Crippen LogP contribution >= 0.6 is 0 Å². The lowest BCUT2D eigenvalue weighted by molar-refractivity contribution is 0.0653. The summed E-state index contributed by atoms with van der Waals surface area (Å²) < 4.78 is 55.6. The van der Waals surface area contributed by atoms with E-state index in [-0.39, 0.29) is 36.7 Å². The van der Waals surface area contributed by atoms with Crippen LogP contribution in [0.25, 0.3) is 22.4 Å². The molecule has 184 valence electrons. The van der Waals surface area contributed by atoms with Crippen LogP contribution in [0, 0.1) is 5.82 Å². The number of nitrogens with two attached hydrogens (primary N) is 1. The van der Waals surface area contributed by atoms with E-state index in [1.54, 1.807) is 13.2 Å². The number of amides is 1. The molecule has 2 aromatic heterocycles. The van der Waals surface area contributed by atoms with Crippen molar-refractivity contribution in [1.82, 2.24) is 9.29 Å². The number of hydrogen-bond acceptors (Lipinski definition) is 7. The zero-order chi connectivity index (χ0) is 24.9. The van der Waals surface area contributed by atoms with Gasteiger partial charge in [0.15, 0.2) is 0 Å². The van der Waals surface area contributed by atoms with Gasteiger partial charge in [-0.1, -0.05) is 6.92 Å². The molecule has 0 aliphatic rings. The number of furan rings is 1. The van der Waals surface area contributed by atoms with Gasteiger partial charge in [0.25, 0.3) is 5.91 Å². The third-order valence-electron chi connectivity index (χ3n) is 5.30. The van der Waals surface area contributed by atoms with Gasteiger partial charge in [0, 0.05) is 19.2 Å². The van der Waals surface area contributed by atoms with E-state index in [4.69, 9.17) is 19.6 Å². The Morgan fingerprint density at radius 3 is 2.50 bits per heavy atom. The van der Waals surface area contributed by atoms with E-state index >= 15 is 0 Å². The zero-order valence-corrected chi connectivity index (χ0v) is 20.2. The summed E-state index contributed by atoms with van der Waals surface area (Å²) in [6.07, 6.45) is 1.66. The van der Waals surface area contributed by atoms with E-state index < -0.39 is 21.7 Å². The number of halogens is 1. The molecule has 9 nitrogen and oxygen atoms in total. The molecule has 3 aromatic rings.